The maximum Gasteiger partial charge on any atom is 0.338 e. The van der Waals surface area contributed by atoms with E-state index >= 15 is 0 Å². The molecule has 0 unspecified atom stereocenters. The Labute approximate surface area is 145 Å². The minimum atomic E-state index is -0.942. The fourth-order valence-electron chi connectivity index (χ4n) is 2.05. The van der Waals surface area contributed by atoms with Gasteiger partial charge in [-0.25, -0.2) is 4.79 Å². The molecule has 1 atom stereocenters. The number of halogens is 1. The normalized spacial score (nSPS) is 11.6. The Hall–Kier alpha value is -2.37. The highest BCUT2D eigenvalue weighted by molar-refractivity contribution is 6.30. The summed E-state index contributed by atoms with van der Waals surface area (Å²) in [5.41, 5.74) is 1.76. The van der Waals surface area contributed by atoms with Crippen LogP contribution in [0.5, 0.6) is 0 Å². The van der Waals surface area contributed by atoms with Crippen LogP contribution in [0, 0.1) is 0 Å². The fraction of sp³-hybridized carbons (Fsp3) is 0.222. The Morgan fingerprint density at radius 2 is 1.92 bits per heavy atom. The summed E-state index contributed by atoms with van der Waals surface area (Å²) in [6.45, 7) is 1.91. The van der Waals surface area contributed by atoms with E-state index in [0.717, 1.165) is 5.56 Å². The number of nitrogens with one attached hydrogen (secondary N) is 1. The van der Waals surface area contributed by atoms with Gasteiger partial charge in [0.15, 0.2) is 6.10 Å². The van der Waals surface area contributed by atoms with Gasteiger partial charge in [-0.3, -0.25) is 4.79 Å². The van der Waals surface area contributed by atoms with Crippen molar-refractivity contribution in [1.29, 1.82) is 0 Å². The number of ether oxygens (including phenoxy) is 2. The second-order valence-electron chi connectivity index (χ2n) is 5.18. The first-order chi connectivity index (χ1) is 11.5. The van der Waals surface area contributed by atoms with E-state index < -0.39 is 18.0 Å². The van der Waals surface area contributed by atoms with E-state index in [1.54, 1.807) is 49.6 Å². The summed E-state index contributed by atoms with van der Waals surface area (Å²) in [4.78, 5) is 24.3. The summed E-state index contributed by atoms with van der Waals surface area (Å²) < 4.78 is 10.2. The predicted octanol–water partition coefficient (Wildman–Crippen LogP) is 3.67. The van der Waals surface area contributed by atoms with Crippen LogP contribution in [-0.2, 0) is 20.9 Å². The Balaban J connectivity index is 1.97. The zero-order valence-corrected chi connectivity index (χ0v) is 14.2. The van der Waals surface area contributed by atoms with E-state index in [1.807, 2.05) is 6.07 Å². The number of hydrogen-bond donors (Lipinski definition) is 1. The molecule has 24 heavy (non-hydrogen) atoms. The molecule has 0 heterocycles. The van der Waals surface area contributed by atoms with Crippen molar-refractivity contribution in [3.63, 3.8) is 0 Å². The topological polar surface area (TPSA) is 64.6 Å². The molecule has 5 nitrogen and oxygen atoms in total. The lowest BCUT2D eigenvalue weighted by Gasteiger charge is -2.14. The first-order valence-electron chi connectivity index (χ1n) is 7.35. The highest BCUT2D eigenvalue weighted by Crippen LogP contribution is 2.16. The second-order valence-corrected chi connectivity index (χ2v) is 5.62. The average Bonchev–Trinajstić information content (AvgIpc) is 2.55. The minimum Gasteiger partial charge on any atom is -0.449 e. The fourth-order valence-corrected chi connectivity index (χ4v) is 2.24. The number of rotatable bonds is 6. The van der Waals surface area contributed by atoms with Crippen LogP contribution < -0.4 is 5.32 Å². The van der Waals surface area contributed by atoms with Gasteiger partial charge < -0.3 is 14.8 Å². The van der Waals surface area contributed by atoms with Gasteiger partial charge in [-0.1, -0.05) is 29.8 Å². The smallest absolute Gasteiger partial charge is 0.338 e. The van der Waals surface area contributed by atoms with Gasteiger partial charge in [0.1, 0.15) is 0 Å². The summed E-state index contributed by atoms with van der Waals surface area (Å²) in [5.74, 6) is -1.000. The second kappa shape index (κ2) is 8.47. The van der Waals surface area contributed by atoms with E-state index in [4.69, 9.17) is 21.1 Å². The zero-order chi connectivity index (χ0) is 17.5. The zero-order valence-electron chi connectivity index (χ0n) is 13.4. The molecular weight excluding hydrogens is 330 g/mol. The van der Waals surface area contributed by atoms with Crippen LogP contribution in [0.4, 0.5) is 5.69 Å². The van der Waals surface area contributed by atoms with Crippen molar-refractivity contribution in [3.8, 4) is 0 Å². The molecule has 126 valence electrons. The van der Waals surface area contributed by atoms with Gasteiger partial charge >= 0.3 is 5.97 Å². The summed E-state index contributed by atoms with van der Waals surface area (Å²) in [6.07, 6.45) is -0.942. The van der Waals surface area contributed by atoms with Gasteiger partial charge in [0.25, 0.3) is 5.91 Å². The Bertz CT molecular complexity index is 732. The van der Waals surface area contributed by atoms with Crippen molar-refractivity contribution in [2.75, 3.05) is 12.4 Å². The number of amides is 1. The molecule has 2 aromatic rings. The number of anilines is 1. The summed E-state index contributed by atoms with van der Waals surface area (Å²) >= 11 is 5.87. The van der Waals surface area contributed by atoms with Crippen LogP contribution in [0.3, 0.4) is 0 Å². The highest BCUT2D eigenvalue weighted by atomic mass is 35.5. The third-order valence-electron chi connectivity index (χ3n) is 3.22. The monoisotopic (exact) mass is 347 g/mol. The van der Waals surface area contributed by atoms with Crippen LogP contribution in [0.1, 0.15) is 22.8 Å². The number of hydrogen-bond acceptors (Lipinski definition) is 4. The van der Waals surface area contributed by atoms with Crippen molar-refractivity contribution in [2.45, 2.75) is 19.6 Å². The highest BCUT2D eigenvalue weighted by Gasteiger charge is 2.19. The molecule has 1 N–H and O–H groups in total. The van der Waals surface area contributed by atoms with E-state index in [9.17, 15) is 9.59 Å². The van der Waals surface area contributed by atoms with E-state index in [1.165, 1.54) is 6.92 Å². The van der Waals surface area contributed by atoms with E-state index in [-0.39, 0.29) is 0 Å². The van der Waals surface area contributed by atoms with Crippen molar-refractivity contribution in [1.82, 2.24) is 0 Å². The van der Waals surface area contributed by atoms with Crippen molar-refractivity contribution in [3.05, 3.63) is 64.7 Å². The number of carbonyl (C=O) groups excluding carboxylic acids is 2. The maximum absolute atomic E-state index is 12.2. The molecule has 0 saturated heterocycles. The van der Waals surface area contributed by atoms with E-state index in [2.05, 4.69) is 5.32 Å². The van der Waals surface area contributed by atoms with Gasteiger partial charge in [-0.2, -0.15) is 0 Å². The molecule has 0 aromatic heterocycles. The van der Waals surface area contributed by atoms with Crippen LogP contribution in [0.25, 0.3) is 0 Å². The molecule has 2 rings (SSSR count). The standard InChI is InChI=1S/C18H18ClNO4/c1-12(17(21)20-16-8-4-7-15(19)10-16)24-18(22)14-6-3-5-13(9-14)11-23-2/h3-10,12H,11H2,1-2H3,(H,20,21)/t12-/m0/s1. The SMILES string of the molecule is COCc1cccc(C(=O)O[C@@H](C)C(=O)Nc2cccc(Cl)c2)c1. The van der Waals surface area contributed by atoms with Gasteiger partial charge in [0, 0.05) is 17.8 Å². The molecule has 0 aliphatic rings. The summed E-state index contributed by atoms with van der Waals surface area (Å²) in [6, 6.07) is 13.6. The molecule has 0 aliphatic carbocycles. The molecule has 0 spiro atoms. The average molecular weight is 348 g/mol. The van der Waals surface area contributed by atoms with Crippen LogP contribution >= 0.6 is 11.6 Å². The Morgan fingerprint density at radius 1 is 1.17 bits per heavy atom. The van der Waals surface area contributed by atoms with Gasteiger partial charge in [0.2, 0.25) is 0 Å². The minimum absolute atomic E-state index is 0.368. The molecular formula is C18H18ClNO4. The molecule has 0 fully saturated rings. The van der Waals surface area contributed by atoms with Crippen LogP contribution in [0.15, 0.2) is 48.5 Å². The third kappa shape index (κ3) is 5.08. The maximum atomic E-state index is 12.2. The molecule has 0 aliphatic heterocycles. The molecule has 1 amide bonds. The first-order valence-corrected chi connectivity index (χ1v) is 7.72. The lowest BCUT2D eigenvalue weighted by atomic mass is 10.1. The quantitative estimate of drug-likeness (QED) is 0.810. The Morgan fingerprint density at radius 3 is 2.62 bits per heavy atom. The van der Waals surface area contributed by atoms with Crippen molar-refractivity contribution in [2.24, 2.45) is 0 Å². The lowest BCUT2D eigenvalue weighted by Crippen LogP contribution is -2.30. The van der Waals surface area contributed by atoms with Crippen molar-refractivity contribution >= 4 is 29.2 Å². The number of methoxy groups -OCH3 is 1. The van der Waals surface area contributed by atoms with Crippen LogP contribution in [0.2, 0.25) is 5.02 Å². The summed E-state index contributed by atoms with van der Waals surface area (Å²) in [7, 11) is 1.58. The van der Waals surface area contributed by atoms with Crippen LogP contribution in [-0.4, -0.2) is 25.1 Å². The summed E-state index contributed by atoms with van der Waals surface area (Å²) in [5, 5.41) is 3.16. The predicted molar refractivity (Wildman–Crippen MR) is 92.1 cm³/mol. The van der Waals surface area contributed by atoms with Gasteiger partial charge in [0.05, 0.1) is 12.2 Å². The van der Waals surface area contributed by atoms with E-state index in [0.29, 0.717) is 22.9 Å². The lowest BCUT2D eigenvalue weighted by molar-refractivity contribution is -0.123. The Kier molecular flexibility index (Phi) is 6.35. The largest absolute Gasteiger partial charge is 0.449 e. The molecule has 0 radical (unpaired) electrons. The third-order valence-corrected chi connectivity index (χ3v) is 3.45. The van der Waals surface area contributed by atoms with Gasteiger partial charge in [-0.15, -0.1) is 0 Å². The number of benzene rings is 2. The molecule has 0 saturated carbocycles. The number of carbonyl (C=O) groups is 2. The molecule has 6 heteroatoms. The number of esters is 1. The van der Waals surface area contributed by atoms with Gasteiger partial charge in [-0.05, 0) is 42.8 Å². The molecule has 2 aromatic carbocycles. The molecule has 0 bridgehead atoms. The van der Waals surface area contributed by atoms with Crippen molar-refractivity contribution < 1.29 is 19.1 Å². The first kappa shape index (κ1) is 18.0.